The van der Waals surface area contributed by atoms with Crippen molar-refractivity contribution in [2.45, 2.75) is 0 Å². The summed E-state index contributed by atoms with van der Waals surface area (Å²) >= 11 is 0. The van der Waals surface area contributed by atoms with Gasteiger partial charge >= 0.3 is 5.97 Å². The molecule has 1 N–H and O–H groups in total. The number of carboxylic acids is 1. The first-order valence-electron chi connectivity index (χ1n) is 4.13. The third-order valence-electron chi connectivity index (χ3n) is 1.86. The van der Waals surface area contributed by atoms with Crippen LogP contribution in [0.4, 0.5) is 0 Å². The molecule has 0 bridgehead atoms. The molecular weight excluding hydrogens is 196 g/mol. The number of benzene rings is 1. The number of hydrogen-bond donors (Lipinski definition) is 1. The highest BCUT2D eigenvalue weighted by Crippen LogP contribution is 2.19. The Kier molecular flexibility index (Phi) is 2.32. The molecule has 0 saturated heterocycles. The molecule has 0 aliphatic heterocycles. The van der Waals surface area contributed by atoms with E-state index >= 15 is 0 Å². The van der Waals surface area contributed by atoms with Crippen molar-refractivity contribution >= 4 is 5.97 Å². The molecule has 0 spiro atoms. The Hall–Kier alpha value is -2.37. The fourth-order valence-electron chi connectivity index (χ4n) is 1.21. The van der Waals surface area contributed by atoms with Crippen LogP contribution in [0.2, 0.25) is 0 Å². The van der Waals surface area contributed by atoms with E-state index in [4.69, 9.17) is 5.11 Å². The molecule has 1 aromatic heterocycles. The average molecular weight is 202 g/mol. The maximum absolute atomic E-state index is 10.9. The quantitative estimate of drug-likeness (QED) is 0.768. The first-order chi connectivity index (χ1) is 7.29. The van der Waals surface area contributed by atoms with Crippen LogP contribution in [0.3, 0.4) is 0 Å². The monoisotopic (exact) mass is 202 g/mol. The Morgan fingerprint density at radius 3 is 2.67 bits per heavy atom. The molecule has 0 aliphatic rings. The summed E-state index contributed by atoms with van der Waals surface area (Å²) in [6.45, 7) is 0. The second-order valence-electron chi connectivity index (χ2n) is 2.76. The lowest BCUT2D eigenvalue weighted by molar-refractivity contribution is 0.0697. The molecule has 0 aliphatic carbocycles. The SMILES string of the molecule is O=C(O)c1ccccc1-c1cnnnn1. The summed E-state index contributed by atoms with van der Waals surface area (Å²) in [4.78, 5) is 10.9. The minimum atomic E-state index is -1.01. The minimum absolute atomic E-state index is 0.166. The predicted molar refractivity (Wildman–Crippen MR) is 50.0 cm³/mol. The van der Waals surface area contributed by atoms with Crippen molar-refractivity contribution in [1.82, 2.24) is 20.6 Å². The standard InChI is InChI=1S/C9H6N4O2/c14-9(15)7-4-2-1-3-6(7)8-5-10-12-13-11-8/h1-5H,(H,14,15). The highest BCUT2D eigenvalue weighted by atomic mass is 16.4. The van der Waals surface area contributed by atoms with E-state index in [1.807, 2.05) is 0 Å². The Labute approximate surface area is 84.6 Å². The van der Waals surface area contributed by atoms with Gasteiger partial charge in [0.2, 0.25) is 0 Å². The summed E-state index contributed by atoms with van der Waals surface area (Å²) in [6, 6.07) is 6.52. The van der Waals surface area contributed by atoms with Crippen LogP contribution in [0.1, 0.15) is 10.4 Å². The molecule has 0 saturated carbocycles. The molecular formula is C9H6N4O2. The van der Waals surface area contributed by atoms with E-state index in [1.54, 1.807) is 18.2 Å². The molecule has 0 unspecified atom stereocenters. The van der Waals surface area contributed by atoms with Gasteiger partial charge in [0.15, 0.2) is 0 Å². The van der Waals surface area contributed by atoms with E-state index in [1.165, 1.54) is 12.3 Å². The largest absolute Gasteiger partial charge is 0.478 e. The summed E-state index contributed by atoms with van der Waals surface area (Å²) < 4.78 is 0. The third kappa shape index (κ3) is 1.78. The highest BCUT2D eigenvalue weighted by Gasteiger charge is 2.11. The van der Waals surface area contributed by atoms with Crippen molar-refractivity contribution in [3.8, 4) is 11.3 Å². The Bertz CT molecular complexity index is 486. The maximum Gasteiger partial charge on any atom is 0.336 e. The van der Waals surface area contributed by atoms with Gasteiger partial charge in [0.05, 0.1) is 11.8 Å². The molecule has 74 valence electrons. The molecule has 0 atom stereocenters. The van der Waals surface area contributed by atoms with Crippen molar-refractivity contribution in [3.63, 3.8) is 0 Å². The van der Waals surface area contributed by atoms with E-state index in [9.17, 15) is 4.79 Å². The minimum Gasteiger partial charge on any atom is -0.478 e. The van der Waals surface area contributed by atoms with E-state index in [2.05, 4.69) is 20.6 Å². The van der Waals surface area contributed by atoms with Crippen LogP contribution < -0.4 is 0 Å². The Balaban J connectivity index is 2.58. The fraction of sp³-hybridized carbons (Fsp3) is 0. The maximum atomic E-state index is 10.9. The van der Waals surface area contributed by atoms with Crippen LogP contribution >= 0.6 is 0 Å². The lowest BCUT2D eigenvalue weighted by atomic mass is 10.1. The number of nitrogens with zero attached hydrogens (tertiary/aromatic N) is 4. The predicted octanol–water partition coefficient (Wildman–Crippen LogP) is 0.632. The van der Waals surface area contributed by atoms with E-state index in [0.29, 0.717) is 11.3 Å². The van der Waals surface area contributed by atoms with Crippen LogP contribution in [-0.4, -0.2) is 31.7 Å². The van der Waals surface area contributed by atoms with Crippen LogP contribution in [0.5, 0.6) is 0 Å². The number of aromatic carboxylic acids is 1. The summed E-state index contributed by atoms with van der Waals surface area (Å²) in [5, 5.41) is 22.8. The Morgan fingerprint density at radius 2 is 2.00 bits per heavy atom. The molecule has 1 aromatic carbocycles. The van der Waals surface area contributed by atoms with Gasteiger partial charge in [-0.15, -0.1) is 10.2 Å². The zero-order valence-electron chi connectivity index (χ0n) is 7.53. The van der Waals surface area contributed by atoms with Gasteiger partial charge in [0.25, 0.3) is 0 Å². The summed E-state index contributed by atoms with van der Waals surface area (Å²) in [5.74, 6) is -1.01. The molecule has 0 radical (unpaired) electrons. The van der Waals surface area contributed by atoms with Gasteiger partial charge in [-0.1, -0.05) is 18.2 Å². The molecule has 15 heavy (non-hydrogen) atoms. The van der Waals surface area contributed by atoms with Crippen LogP contribution in [0, 0.1) is 0 Å². The first kappa shape index (κ1) is 9.20. The number of carbonyl (C=O) groups is 1. The molecule has 1 heterocycles. The lowest BCUT2D eigenvalue weighted by Gasteiger charge is -2.02. The van der Waals surface area contributed by atoms with E-state index in [-0.39, 0.29) is 5.56 Å². The number of hydrogen-bond acceptors (Lipinski definition) is 5. The van der Waals surface area contributed by atoms with Crippen LogP contribution in [-0.2, 0) is 0 Å². The normalized spacial score (nSPS) is 9.87. The highest BCUT2D eigenvalue weighted by molar-refractivity contribution is 5.95. The summed E-state index contributed by atoms with van der Waals surface area (Å²) in [6.07, 6.45) is 1.37. The van der Waals surface area contributed by atoms with Gasteiger partial charge in [-0.25, -0.2) is 4.79 Å². The van der Waals surface area contributed by atoms with Crippen LogP contribution in [0.25, 0.3) is 11.3 Å². The smallest absolute Gasteiger partial charge is 0.336 e. The topological polar surface area (TPSA) is 88.9 Å². The molecule has 2 aromatic rings. The number of rotatable bonds is 2. The third-order valence-corrected chi connectivity index (χ3v) is 1.86. The summed E-state index contributed by atoms with van der Waals surface area (Å²) in [7, 11) is 0. The molecule has 0 amide bonds. The summed E-state index contributed by atoms with van der Waals surface area (Å²) in [5.41, 5.74) is 1.04. The lowest BCUT2D eigenvalue weighted by Crippen LogP contribution is -2.01. The Morgan fingerprint density at radius 1 is 1.20 bits per heavy atom. The van der Waals surface area contributed by atoms with Crippen molar-refractivity contribution in [2.24, 2.45) is 0 Å². The van der Waals surface area contributed by atoms with Gasteiger partial charge < -0.3 is 5.11 Å². The fourth-order valence-corrected chi connectivity index (χ4v) is 1.21. The average Bonchev–Trinajstić information content (AvgIpc) is 2.30. The zero-order valence-corrected chi connectivity index (χ0v) is 7.53. The molecule has 6 heteroatoms. The van der Waals surface area contributed by atoms with Gasteiger partial charge in [0, 0.05) is 5.56 Å². The van der Waals surface area contributed by atoms with Crippen molar-refractivity contribution in [2.75, 3.05) is 0 Å². The zero-order chi connectivity index (χ0) is 10.7. The molecule has 2 rings (SSSR count). The van der Waals surface area contributed by atoms with Gasteiger partial charge in [-0.05, 0) is 16.5 Å². The van der Waals surface area contributed by atoms with Crippen LogP contribution in [0.15, 0.2) is 30.5 Å². The van der Waals surface area contributed by atoms with Crippen molar-refractivity contribution in [3.05, 3.63) is 36.0 Å². The van der Waals surface area contributed by atoms with Gasteiger partial charge in [-0.3, -0.25) is 0 Å². The van der Waals surface area contributed by atoms with Crippen molar-refractivity contribution in [1.29, 1.82) is 0 Å². The molecule has 6 nitrogen and oxygen atoms in total. The van der Waals surface area contributed by atoms with Gasteiger partial charge in [0.1, 0.15) is 5.69 Å². The second-order valence-corrected chi connectivity index (χ2v) is 2.76. The van der Waals surface area contributed by atoms with Crippen molar-refractivity contribution < 1.29 is 9.90 Å². The van der Waals surface area contributed by atoms with Gasteiger partial charge in [-0.2, -0.15) is 0 Å². The number of aromatic nitrogens is 4. The van der Waals surface area contributed by atoms with E-state index in [0.717, 1.165) is 0 Å². The first-order valence-corrected chi connectivity index (χ1v) is 4.13. The molecule has 0 fully saturated rings. The van der Waals surface area contributed by atoms with E-state index < -0.39 is 5.97 Å². The number of carboxylic acid groups (broad SMARTS) is 1. The second kappa shape index (κ2) is 3.79.